The predicted octanol–water partition coefficient (Wildman–Crippen LogP) is 3.83. The van der Waals surface area contributed by atoms with E-state index in [9.17, 15) is 5.11 Å². The molecule has 0 unspecified atom stereocenters. The lowest BCUT2D eigenvalue weighted by Gasteiger charge is -2.37. The molecular formula is C20H22O2. The normalized spacial score (nSPS) is 29.4. The van der Waals surface area contributed by atoms with Crippen molar-refractivity contribution in [3.8, 4) is 0 Å². The van der Waals surface area contributed by atoms with E-state index < -0.39 is 5.60 Å². The van der Waals surface area contributed by atoms with E-state index in [0.717, 1.165) is 30.4 Å². The van der Waals surface area contributed by atoms with E-state index >= 15 is 0 Å². The van der Waals surface area contributed by atoms with Gasteiger partial charge in [-0.2, -0.15) is 0 Å². The van der Waals surface area contributed by atoms with Crippen molar-refractivity contribution in [1.29, 1.82) is 0 Å². The zero-order valence-corrected chi connectivity index (χ0v) is 12.7. The molecule has 3 atom stereocenters. The van der Waals surface area contributed by atoms with Crippen LogP contribution in [0.1, 0.15) is 36.8 Å². The van der Waals surface area contributed by atoms with E-state index in [1.807, 2.05) is 48.5 Å². The van der Waals surface area contributed by atoms with Gasteiger partial charge in [-0.15, -0.1) is 0 Å². The van der Waals surface area contributed by atoms with Crippen LogP contribution in [-0.2, 0) is 16.8 Å². The van der Waals surface area contributed by atoms with Crippen molar-refractivity contribution in [2.24, 2.45) is 0 Å². The standard InChI is InChI=1S/C20H22O2/c21-19(17-11-5-2-6-12-17,15-16-9-3-1-4-10-16)20-14-8-7-13-18(20)22-20/h1-6,9-12,18,21H,7-8,13-15H2/t18-,19-,20+/m0/s1. The van der Waals surface area contributed by atoms with Crippen LogP contribution in [-0.4, -0.2) is 16.8 Å². The van der Waals surface area contributed by atoms with Crippen molar-refractivity contribution < 1.29 is 9.84 Å². The minimum Gasteiger partial charge on any atom is -0.382 e. The minimum absolute atomic E-state index is 0.218. The summed E-state index contributed by atoms with van der Waals surface area (Å²) in [6.45, 7) is 0. The van der Waals surface area contributed by atoms with Crippen molar-refractivity contribution in [3.63, 3.8) is 0 Å². The average molecular weight is 294 g/mol. The summed E-state index contributed by atoms with van der Waals surface area (Å²) in [7, 11) is 0. The van der Waals surface area contributed by atoms with Gasteiger partial charge >= 0.3 is 0 Å². The first-order valence-electron chi connectivity index (χ1n) is 8.24. The molecule has 2 heteroatoms. The Morgan fingerprint density at radius 2 is 1.68 bits per heavy atom. The van der Waals surface area contributed by atoms with Crippen molar-refractivity contribution >= 4 is 0 Å². The highest BCUT2D eigenvalue weighted by Crippen LogP contribution is 2.58. The first-order chi connectivity index (χ1) is 10.7. The Morgan fingerprint density at radius 3 is 2.36 bits per heavy atom. The molecule has 0 bridgehead atoms. The van der Waals surface area contributed by atoms with Crippen molar-refractivity contribution in [2.45, 2.75) is 49.4 Å². The topological polar surface area (TPSA) is 32.8 Å². The highest BCUT2D eigenvalue weighted by atomic mass is 16.6. The first kappa shape index (κ1) is 14.0. The van der Waals surface area contributed by atoms with Crippen LogP contribution in [0.3, 0.4) is 0 Å². The molecule has 1 heterocycles. The second-order valence-corrected chi connectivity index (χ2v) is 6.63. The molecule has 4 rings (SSSR count). The maximum atomic E-state index is 11.7. The molecule has 2 aromatic rings. The van der Waals surface area contributed by atoms with Gasteiger partial charge in [-0.05, 0) is 24.0 Å². The highest BCUT2D eigenvalue weighted by Gasteiger charge is 2.69. The molecule has 0 aromatic heterocycles. The molecule has 0 radical (unpaired) electrons. The molecule has 2 nitrogen and oxygen atoms in total. The summed E-state index contributed by atoms with van der Waals surface area (Å²) in [6, 6.07) is 20.3. The fraction of sp³-hybridized carbons (Fsp3) is 0.400. The van der Waals surface area contributed by atoms with Crippen molar-refractivity contribution in [1.82, 2.24) is 0 Å². The van der Waals surface area contributed by atoms with Gasteiger partial charge in [0, 0.05) is 6.42 Å². The maximum absolute atomic E-state index is 11.7. The predicted molar refractivity (Wildman–Crippen MR) is 86.6 cm³/mol. The van der Waals surface area contributed by atoms with E-state index in [1.54, 1.807) is 0 Å². The average Bonchev–Trinajstić information content (AvgIpc) is 3.33. The quantitative estimate of drug-likeness (QED) is 0.869. The summed E-state index contributed by atoms with van der Waals surface area (Å²) in [5.41, 5.74) is 0.801. The zero-order valence-electron chi connectivity index (χ0n) is 12.7. The summed E-state index contributed by atoms with van der Waals surface area (Å²) in [5, 5.41) is 11.7. The molecule has 2 aliphatic rings. The van der Waals surface area contributed by atoms with Crippen LogP contribution in [0.5, 0.6) is 0 Å². The monoisotopic (exact) mass is 294 g/mol. The number of aliphatic hydroxyl groups is 1. The Balaban J connectivity index is 1.75. The Bertz CT molecular complexity index is 639. The van der Waals surface area contributed by atoms with Crippen LogP contribution in [0.2, 0.25) is 0 Å². The van der Waals surface area contributed by atoms with Gasteiger partial charge in [0.25, 0.3) is 0 Å². The molecule has 1 saturated heterocycles. The fourth-order valence-corrected chi connectivity index (χ4v) is 4.12. The molecule has 0 amide bonds. The highest BCUT2D eigenvalue weighted by molar-refractivity contribution is 5.35. The van der Waals surface area contributed by atoms with Crippen LogP contribution < -0.4 is 0 Å². The van der Waals surface area contributed by atoms with Crippen LogP contribution in [0.4, 0.5) is 0 Å². The van der Waals surface area contributed by atoms with Gasteiger partial charge in [0.1, 0.15) is 11.2 Å². The van der Waals surface area contributed by atoms with E-state index in [4.69, 9.17) is 4.74 Å². The molecule has 1 N–H and O–H groups in total. The molecule has 1 aliphatic heterocycles. The number of hydrogen-bond acceptors (Lipinski definition) is 2. The van der Waals surface area contributed by atoms with Gasteiger partial charge in [0.05, 0.1) is 6.10 Å². The van der Waals surface area contributed by atoms with Crippen LogP contribution in [0, 0.1) is 0 Å². The largest absolute Gasteiger partial charge is 0.382 e. The van der Waals surface area contributed by atoms with Gasteiger partial charge in [0.2, 0.25) is 0 Å². The Kier molecular flexibility index (Phi) is 3.32. The summed E-state index contributed by atoms with van der Waals surface area (Å²) >= 11 is 0. The molecule has 2 fully saturated rings. The molecule has 114 valence electrons. The van der Waals surface area contributed by atoms with E-state index in [1.165, 1.54) is 6.42 Å². The first-order valence-corrected chi connectivity index (χ1v) is 8.24. The summed E-state index contributed by atoms with van der Waals surface area (Å²) < 4.78 is 6.11. The lowest BCUT2D eigenvalue weighted by molar-refractivity contribution is -0.0495. The molecular weight excluding hydrogens is 272 g/mol. The number of hydrogen-bond donors (Lipinski definition) is 1. The van der Waals surface area contributed by atoms with Crippen molar-refractivity contribution in [3.05, 3.63) is 71.8 Å². The molecule has 1 aliphatic carbocycles. The van der Waals surface area contributed by atoms with E-state index in [0.29, 0.717) is 6.42 Å². The smallest absolute Gasteiger partial charge is 0.128 e. The minimum atomic E-state index is -0.944. The summed E-state index contributed by atoms with van der Waals surface area (Å²) in [4.78, 5) is 0. The number of fused-ring (bicyclic) bond motifs is 1. The molecule has 2 aromatic carbocycles. The summed E-state index contributed by atoms with van der Waals surface area (Å²) in [6.07, 6.45) is 5.20. The van der Waals surface area contributed by atoms with Crippen LogP contribution in [0.15, 0.2) is 60.7 Å². The Hall–Kier alpha value is -1.64. The molecule has 1 saturated carbocycles. The number of benzene rings is 2. The van der Waals surface area contributed by atoms with E-state index in [2.05, 4.69) is 12.1 Å². The lowest BCUT2D eigenvalue weighted by atomic mass is 9.70. The van der Waals surface area contributed by atoms with Gasteiger partial charge in [-0.25, -0.2) is 0 Å². The maximum Gasteiger partial charge on any atom is 0.128 e. The zero-order chi connectivity index (χ0) is 15.0. The van der Waals surface area contributed by atoms with Gasteiger partial charge in [-0.3, -0.25) is 0 Å². The van der Waals surface area contributed by atoms with Gasteiger partial charge in [0.15, 0.2) is 0 Å². The van der Waals surface area contributed by atoms with Gasteiger partial charge in [-0.1, -0.05) is 73.5 Å². The number of ether oxygens (including phenoxy) is 1. The van der Waals surface area contributed by atoms with Crippen LogP contribution in [0.25, 0.3) is 0 Å². The van der Waals surface area contributed by atoms with E-state index in [-0.39, 0.29) is 11.7 Å². The Labute approximate surface area is 131 Å². The second kappa shape index (κ2) is 5.22. The number of epoxide rings is 1. The van der Waals surface area contributed by atoms with Crippen molar-refractivity contribution in [2.75, 3.05) is 0 Å². The third-order valence-electron chi connectivity index (χ3n) is 5.33. The van der Waals surface area contributed by atoms with Crippen LogP contribution >= 0.6 is 0 Å². The van der Waals surface area contributed by atoms with Gasteiger partial charge < -0.3 is 9.84 Å². The molecule has 22 heavy (non-hydrogen) atoms. The SMILES string of the molecule is O[C@@](Cc1ccccc1)(c1ccccc1)[C@@]12CCCC[C@@H]1O2. The molecule has 0 spiro atoms. The fourth-order valence-electron chi connectivity index (χ4n) is 4.12. The Morgan fingerprint density at radius 1 is 1.00 bits per heavy atom. The lowest BCUT2D eigenvalue weighted by Crippen LogP contribution is -2.47. The summed E-state index contributed by atoms with van der Waals surface area (Å²) in [5.74, 6) is 0. The second-order valence-electron chi connectivity index (χ2n) is 6.63. The third kappa shape index (κ3) is 2.10. The third-order valence-corrected chi connectivity index (χ3v) is 5.33. The number of rotatable bonds is 4.